The van der Waals surface area contributed by atoms with Crippen LogP contribution in [0.25, 0.3) is 0 Å². The van der Waals surface area contributed by atoms with Crippen LogP contribution < -0.4 is 4.31 Å². The number of benzene rings is 2. The zero-order valence-electron chi connectivity index (χ0n) is 15.0. The molecule has 0 atom stereocenters. The van der Waals surface area contributed by atoms with Gasteiger partial charge in [0.15, 0.2) is 0 Å². The first-order valence-corrected chi connectivity index (χ1v) is 10.5. The van der Waals surface area contributed by atoms with Crippen LogP contribution in [0.2, 0.25) is 0 Å². The first-order valence-electron chi connectivity index (χ1n) is 8.29. The van der Waals surface area contributed by atoms with Gasteiger partial charge in [0.2, 0.25) is 0 Å². The highest BCUT2D eigenvalue weighted by Gasteiger charge is 2.27. The van der Waals surface area contributed by atoms with Gasteiger partial charge in [0.05, 0.1) is 17.2 Å². The molecule has 2 aromatic rings. The largest absolute Gasteiger partial charge is 0.465 e. The molecule has 0 aliphatic rings. The lowest BCUT2D eigenvalue weighted by atomic mass is 10.0. The number of halogens is 1. The third kappa shape index (κ3) is 4.86. The van der Waals surface area contributed by atoms with Gasteiger partial charge in [-0.1, -0.05) is 41.9 Å². The van der Waals surface area contributed by atoms with Crippen LogP contribution in [0.3, 0.4) is 0 Å². The smallest absolute Gasteiger partial charge is 0.326 e. The maximum absolute atomic E-state index is 13.1. The summed E-state index contributed by atoms with van der Waals surface area (Å²) in [4.78, 5) is 12.1. The second-order valence-corrected chi connectivity index (χ2v) is 8.79. The molecule has 0 radical (unpaired) electrons. The number of carbonyl (C=O) groups excluding carboxylic acids is 1. The van der Waals surface area contributed by atoms with Gasteiger partial charge in [-0.05, 0) is 54.8 Å². The van der Waals surface area contributed by atoms with Gasteiger partial charge in [-0.25, -0.2) is 8.42 Å². The molecule has 0 aromatic heterocycles. The normalized spacial score (nSPS) is 11.4. The third-order valence-electron chi connectivity index (χ3n) is 3.83. The number of rotatable bonds is 7. The van der Waals surface area contributed by atoms with E-state index in [2.05, 4.69) is 29.8 Å². The van der Waals surface area contributed by atoms with Gasteiger partial charge in [0.25, 0.3) is 10.0 Å². The number of anilines is 1. The SMILES string of the molecule is CCOC(=O)CN(c1ccc(C(C)C)cc1)S(=O)(=O)c1ccc(Br)cc1. The summed E-state index contributed by atoms with van der Waals surface area (Å²) < 4.78 is 33.0. The van der Waals surface area contributed by atoms with Crippen LogP contribution in [0.1, 0.15) is 32.3 Å². The van der Waals surface area contributed by atoms with Gasteiger partial charge in [-0.15, -0.1) is 0 Å². The zero-order chi connectivity index (χ0) is 19.3. The number of hydrogen-bond donors (Lipinski definition) is 0. The quantitative estimate of drug-likeness (QED) is 0.602. The summed E-state index contributed by atoms with van der Waals surface area (Å²) in [7, 11) is -3.91. The van der Waals surface area contributed by atoms with E-state index >= 15 is 0 Å². The highest BCUT2D eigenvalue weighted by atomic mass is 79.9. The van der Waals surface area contributed by atoms with Crippen LogP contribution in [-0.2, 0) is 19.6 Å². The van der Waals surface area contributed by atoms with Crippen molar-refractivity contribution in [1.29, 1.82) is 0 Å². The fraction of sp³-hybridized carbons (Fsp3) is 0.316. The van der Waals surface area contributed by atoms with Gasteiger partial charge in [-0.2, -0.15) is 0 Å². The Kier molecular flexibility index (Phi) is 6.83. The van der Waals surface area contributed by atoms with Crippen LogP contribution in [0.4, 0.5) is 5.69 Å². The maximum atomic E-state index is 13.1. The standard InChI is InChI=1S/C19H22BrNO4S/c1-4-25-19(22)13-21(17-9-5-15(6-10-17)14(2)3)26(23,24)18-11-7-16(20)8-12-18/h5-12,14H,4,13H2,1-3H3. The number of ether oxygens (including phenoxy) is 1. The predicted molar refractivity (Wildman–Crippen MR) is 106 cm³/mol. The van der Waals surface area contributed by atoms with Crippen LogP contribution in [0.15, 0.2) is 57.9 Å². The lowest BCUT2D eigenvalue weighted by Gasteiger charge is -2.24. The molecular weight excluding hydrogens is 418 g/mol. The minimum Gasteiger partial charge on any atom is -0.465 e. The molecule has 0 amide bonds. The first kappa shape index (κ1) is 20.5. The van der Waals surface area contributed by atoms with E-state index in [0.717, 1.165) is 14.3 Å². The van der Waals surface area contributed by atoms with Crippen molar-refractivity contribution in [3.05, 3.63) is 58.6 Å². The highest BCUT2D eigenvalue weighted by molar-refractivity contribution is 9.10. The number of hydrogen-bond acceptors (Lipinski definition) is 4. The summed E-state index contributed by atoms with van der Waals surface area (Å²) in [6, 6.07) is 13.5. The Morgan fingerprint density at radius 3 is 2.15 bits per heavy atom. The Balaban J connectivity index is 2.45. The van der Waals surface area contributed by atoms with E-state index in [1.807, 2.05) is 12.1 Å². The molecule has 2 rings (SSSR count). The molecule has 0 aliphatic heterocycles. The van der Waals surface area contributed by atoms with Crippen molar-refractivity contribution in [3.8, 4) is 0 Å². The monoisotopic (exact) mass is 439 g/mol. The van der Waals surface area contributed by atoms with Gasteiger partial charge < -0.3 is 4.74 Å². The van der Waals surface area contributed by atoms with Crippen molar-refractivity contribution >= 4 is 37.6 Å². The molecular formula is C19H22BrNO4S. The van der Waals surface area contributed by atoms with Crippen LogP contribution in [-0.4, -0.2) is 27.5 Å². The Morgan fingerprint density at radius 2 is 1.65 bits per heavy atom. The van der Waals surface area contributed by atoms with Gasteiger partial charge in [0.1, 0.15) is 6.54 Å². The number of carbonyl (C=O) groups is 1. The minimum atomic E-state index is -3.91. The van der Waals surface area contributed by atoms with Crippen molar-refractivity contribution in [2.45, 2.75) is 31.6 Å². The minimum absolute atomic E-state index is 0.109. The van der Waals surface area contributed by atoms with Crippen molar-refractivity contribution < 1.29 is 17.9 Å². The molecule has 0 fully saturated rings. The van der Waals surface area contributed by atoms with Crippen LogP contribution in [0, 0.1) is 0 Å². The molecule has 0 saturated carbocycles. The molecule has 0 unspecified atom stereocenters. The molecule has 5 nitrogen and oxygen atoms in total. The number of sulfonamides is 1. The summed E-state index contributed by atoms with van der Waals surface area (Å²) >= 11 is 3.29. The van der Waals surface area contributed by atoms with Crippen LogP contribution >= 0.6 is 15.9 Å². The topological polar surface area (TPSA) is 63.7 Å². The summed E-state index contributed by atoms with van der Waals surface area (Å²) in [5.41, 5.74) is 1.51. The van der Waals surface area contributed by atoms with Crippen molar-refractivity contribution in [3.63, 3.8) is 0 Å². The fourth-order valence-electron chi connectivity index (χ4n) is 2.40. The molecule has 7 heteroatoms. The maximum Gasteiger partial charge on any atom is 0.326 e. The number of nitrogens with zero attached hydrogens (tertiary/aromatic N) is 1. The average Bonchev–Trinajstić information content (AvgIpc) is 2.60. The molecule has 0 heterocycles. The number of esters is 1. The molecule has 2 aromatic carbocycles. The molecule has 0 saturated heterocycles. The summed E-state index contributed by atoms with van der Waals surface area (Å²) in [6.45, 7) is 5.61. The van der Waals surface area contributed by atoms with E-state index in [0.29, 0.717) is 11.6 Å². The van der Waals surface area contributed by atoms with E-state index in [1.54, 1.807) is 31.2 Å². The van der Waals surface area contributed by atoms with Crippen LogP contribution in [0.5, 0.6) is 0 Å². The van der Waals surface area contributed by atoms with Crippen molar-refractivity contribution in [2.75, 3.05) is 17.5 Å². The Hall–Kier alpha value is -1.86. The van der Waals surface area contributed by atoms with E-state index in [9.17, 15) is 13.2 Å². The molecule has 0 aliphatic carbocycles. The van der Waals surface area contributed by atoms with Gasteiger partial charge in [0, 0.05) is 4.47 Å². The average molecular weight is 440 g/mol. The Labute approximate surface area is 163 Å². The molecule has 0 spiro atoms. The van der Waals surface area contributed by atoms with E-state index in [4.69, 9.17) is 4.74 Å². The summed E-state index contributed by atoms with van der Waals surface area (Å²) in [5, 5.41) is 0. The molecule has 140 valence electrons. The predicted octanol–water partition coefficient (Wildman–Crippen LogP) is 4.33. The fourth-order valence-corrected chi connectivity index (χ4v) is 4.07. The third-order valence-corrected chi connectivity index (χ3v) is 6.14. The van der Waals surface area contributed by atoms with Crippen molar-refractivity contribution in [1.82, 2.24) is 0 Å². The van der Waals surface area contributed by atoms with E-state index in [1.165, 1.54) is 12.1 Å². The molecule has 0 N–H and O–H groups in total. The second kappa shape index (κ2) is 8.68. The van der Waals surface area contributed by atoms with E-state index < -0.39 is 16.0 Å². The second-order valence-electron chi connectivity index (χ2n) is 6.02. The molecule has 26 heavy (non-hydrogen) atoms. The summed E-state index contributed by atoms with van der Waals surface area (Å²) in [6.07, 6.45) is 0. The lowest BCUT2D eigenvalue weighted by molar-refractivity contribution is -0.141. The highest BCUT2D eigenvalue weighted by Crippen LogP contribution is 2.26. The summed E-state index contributed by atoms with van der Waals surface area (Å²) in [5.74, 6) is -0.272. The van der Waals surface area contributed by atoms with Gasteiger partial charge in [-0.3, -0.25) is 9.10 Å². The van der Waals surface area contributed by atoms with Crippen molar-refractivity contribution in [2.24, 2.45) is 0 Å². The first-order chi connectivity index (χ1) is 12.3. The van der Waals surface area contributed by atoms with Gasteiger partial charge >= 0.3 is 5.97 Å². The lowest BCUT2D eigenvalue weighted by Crippen LogP contribution is -2.36. The molecule has 0 bridgehead atoms. The zero-order valence-corrected chi connectivity index (χ0v) is 17.4. The Bertz CT molecular complexity index is 846. The Morgan fingerprint density at radius 1 is 1.08 bits per heavy atom. The van der Waals surface area contributed by atoms with E-state index in [-0.39, 0.29) is 18.0 Å².